The van der Waals surface area contributed by atoms with Crippen LogP contribution in [-0.2, 0) is 13.6 Å². The minimum Gasteiger partial charge on any atom is -0.370 e. The van der Waals surface area contributed by atoms with Crippen molar-refractivity contribution in [2.24, 2.45) is 17.8 Å². The maximum atomic E-state index is 5.92. The highest BCUT2D eigenvalue weighted by molar-refractivity contribution is 9.10. The van der Waals surface area contributed by atoms with Crippen molar-refractivity contribution < 1.29 is 0 Å². The molecular formula is C16H22BrN5. The molecule has 0 fully saturated rings. The maximum Gasteiger partial charge on any atom is 0.193 e. The van der Waals surface area contributed by atoms with Crippen LogP contribution in [0.25, 0.3) is 0 Å². The molecule has 0 amide bonds. The van der Waals surface area contributed by atoms with Crippen LogP contribution >= 0.6 is 15.9 Å². The summed E-state index contributed by atoms with van der Waals surface area (Å²) in [7, 11) is 1.87. The molecule has 22 heavy (non-hydrogen) atoms. The zero-order valence-electron chi connectivity index (χ0n) is 13.2. The number of nitrogens with one attached hydrogen (secondary N) is 1. The summed E-state index contributed by atoms with van der Waals surface area (Å²) in [6, 6.07) is 8.30. The Morgan fingerprint density at radius 1 is 1.41 bits per heavy atom. The van der Waals surface area contributed by atoms with E-state index in [1.807, 2.05) is 25.4 Å². The fourth-order valence-corrected chi connectivity index (χ4v) is 2.59. The Morgan fingerprint density at radius 2 is 2.09 bits per heavy atom. The molecule has 6 heteroatoms. The third kappa shape index (κ3) is 4.34. The number of aryl methyl sites for hydroxylation is 1. The Kier molecular flexibility index (Phi) is 5.60. The minimum absolute atomic E-state index is 0.383. The SMILES string of the molecule is CCC(C)c1ccc(NC(N)=NCc2nn(C)cc2Br)cc1. The Morgan fingerprint density at radius 3 is 2.64 bits per heavy atom. The molecule has 1 aromatic heterocycles. The summed E-state index contributed by atoms with van der Waals surface area (Å²) in [5.41, 5.74) is 9.06. The van der Waals surface area contributed by atoms with Gasteiger partial charge in [-0.1, -0.05) is 26.0 Å². The zero-order chi connectivity index (χ0) is 16.1. The highest BCUT2D eigenvalue weighted by atomic mass is 79.9. The first kappa shape index (κ1) is 16.5. The van der Waals surface area contributed by atoms with Crippen LogP contribution in [0.5, 0.6) is 0 Å². The van der Waals surface area contributed by atoms with Crippen LogP contribution in [0.4, 0.5) is 5.69 Å². The number of benzene rings is 1. The molecule has 0 aliphatic rings. The Balaban J connectivity index is 1.97. The molecule has 1 unspecified atom stereocenters. The van der Waals surface area contributed by atoms with Crippen LogP contribution < -0.4 is 11.1 Å². The zero-order valence-corrected chi connectivity index (χ0v) is 14.8. The molecule has 0 saturated heterocycles. The summed E-state index contributed by atoms with van der Waals surface area (Å²) in [4.78, 5) is 4.32. The lowest BCUT2D eigenvalue weighted by molar-refractivity contribution is 0.734. The van der Waals surface area contributed by atoms with E-state index in [4.69, 9.17) is 5.73 Å². The number of nitrogens with two attached hydrogens (primary N) is 1. The molecule has 118 valence electrons. The highest BCUT2D eigenvalue weighted by Gasteiger charge is 2.05. The van der Waals surface area contributed by atoms with Gasteiger partial charge in [-0.15, -0.1) is 0 Å². The number of hydrogen-bond acceptors (Lipinski definition) is 2. The maximum absolute atomic E-state index is 5.92. The first-order valence-electron chi connectivity index (χ1n) is 7.34. The van der Waals surface area contributed by atoms with E-state index >= 15 is 0 Å². The Labute approximate surface area is 139 Å². The summed E-state index contributed by atoms with van der Waals surface area (Å²) in [6.45, 7) is 4.85. The largest absolute Gasteiger partial charge is 0.370 e. The van der Waals surface area contributed by atoms with Crippen LogP contribution in [0.1, 0.15) is 37.4 Å². The van der Waals surface area contributed by atoms with Crippen LogP contribution in [-0.4, -0.2) is 15.7 Å². The van der Waals surface area contributed by atoms with Crippen LogP contribution in [0.15, 0.2) is 39.9 Å². The third-order valence-corrected chi connectivity index (χ3v) is 4.28. The predicted octanol–water partition coefficient (Wildman–Crippen LogP) is 3.62. The number of nitrogens with zero attached hydrogens (tertiary/aromatic N) is 3. The molecule has 1 aromatic carbocycles. The van der Waals surface area contributed by atoms with Gasteiger partial charge in [0.05, 0.1) is 16.7 Å². The van der Waals surface area contributed by atoms with Crippen molar-refractivity contribution in [2.75, 3.05) is 5.32 Å². The van der Waals surface area contributed by atoms with Gasteiger partial charge in [0.15, 0.2) is 5.96 Å². The van der Waals surface area contributed by atoms with E-state index in [0.29, 0.717) is 18.4 Å². The number of anilines is 1. The molecule has 3 N–H and O–H groups in total. The van der Waals surface area contributed by atoms with Crippen LogP contribution in [0.3, 0.4) is 0 Å². The first-order chi connectivity index (χ1) is 10.5. The van der Waals surface area contributed by atoms with Crippen molar-refractivity contribution in [3.05, 3.63) is 46.2 Å². The standard InChI is InChI=1S/C16H22BrN5/c1-4-11(2)12-5-7-13(8-6-12)20-16(18)19-9-15-14(17)10-22(3)21-15/h5-8,10-11H,4,9H2,1-3H3,(H3,18,19,20). The average Bonchev–Trinajstić information content (AvgIpc) is 2.83. The van der Waals surface area contributed by atoms with Crippen molar-refractivity contribution in [3.63, 3.8) is 0 Å². The molecule has 1 atom stereocenters. The number of rotatable bonds is 5. The minimum atomic E-state index is 0.383. The number of aromatic nitrogens is 2. The van der Waals surface area contributed by atoms with Gasteiger partial charge >= 0.3 is 0 Å². The van der Waals surface area contributed by atoms with Gasteiger partial charge in [-0.2, -0.15) is 5.10 Å². The predicted molar refractivity (Wildman–Crippen MR) is 95.0 cm³/mol. The second-order valence-corrected chi connectivity index (χ2v) is 6.21. The number of guanidine groups is 1. The van der Waals surface area contributed by atoms with Crippen LogP contribution in [0, 0.1) is 0 Å². The van der Waals surface area contributed by atoms with Gasteiger partial charge in [0, 0.05) is 18.9 Å². The van der Waals surface area contributed by atoms with Crippen molar-refractivity contribution in [2.45, 2.75) is 32.7 Å². The number of aliphatic imine (C=N–C) groups is 1. The van der Waals surface area contributed by atoms with Gasteiger partial charge in [-0.3, -0.25) is 4.68 Å². The summed E-state index contributed by atoms with van der Waals surface area (Å²) in [6.07, 6.45) is 3.03. The lowest BCUT2D eigenvalue weighted by atomic mass is 9.99. The first-order valence-corrected chi connectivity index (χ1v) is 8.13. The summed E-state index contributed by atoms with van der Waals surface area (Å²) in [5, 5.41) is 7.41. The lowest BCUT2D eigenvalue weighted by Crippen LogP contribution is -2.22. The molecule has 0 saturated carbocycles. The number of halogens is 1. The molecule has 5 nitrogen and oxygen atoms in total. The smallest absolute Gasteiger partial charge is 0.193 e. The molecule has 0 aliphatic carbocycles. The van der Waals surface area contributed by atoms with Gasteiger partial charge < -0.3 is 11.1 Å². The van der Waals surface area contributed by atoms with Gasteiger partial charge in [-0.05, 0) is 46.0 Å². The summed E-state index contributed by atoms with van der Waals surface area (Å²) < 4.78 is 2.68. The lowest BCUT2D eigenvalue weighted by Gasteiger charge is -2.10. The Hall–Kier alpha value is -1.82. The molecule has 1 heterocycles. The quantitative estimate of drug-likeness (QED) is 0.629. The average molecular weight is 364 g/mol. The topological polar surface area (TPSA) is 68.2 Å². The van der Waals surface area contributed by atoms with E-state index in [-0.39, 0.29) is 0 Å². The van der Waals surface area contributed by atoms with Gasteiger partial charge in [0.1, 0.15) is 0 Å². The number of hydrogen-bond donors (Lipinski definition) is 2. The molecular weight excluding hydrogens is 342 g/mol. The molecule has 0 bridgehead atoms. The molecule has 2 aromatic rings. The van der Waals surface area contributed by atoms with E-state index in [1.165, 1.54) is 5.56 Å². The second-order valence-electron chi connectivity index (χ2n) is 5.36. The Bertz CT molecular complexity index is 645. The van der Waals surface area contributed by atoms with E-state index in [2.05, 4.69) is 57.3 Å². The van der Waals surface area contributed by atoms with Crippen molar-refractivity contribution in [1.29, 1.82) is 0 Å². The fourth-order valence-electron chi connectivity index (χ4n) is 2.09. The normalized spacial score (nSPS) is 13.2. The molecule has 0 aliphatic heterocycles. The fraction of sp³-hybridized carbons (Fsp3) is 0.375. The summed E-state index contributed by atoms with van der Waals surface area (Å²) in [5.74, 6) is 0.954. The second kappa shape index (κ2) is 7.45. The monoisotopic (exact) mass is 363 g/mol. The summed E-state index contributed by atoms with van der Waals surface area (Å²) >= 11 is 3.45. The third-order valence-electron chi connectivity index (χ3n) is 3.62. The van der Waals surface area contributed by atoms with Crippen molar-refractivity contribution in [1.82, 2.24) is 9.78 Å². The van der Waals surface area contributed by atoms with Gasteiger partial charge in [0.2, 0.25) is 0 Å². The highest BCUT2D eigenvalue weighted by Crippen LogP contribution is 2.20. The van der Waals surface area contributed by atoms with E-state index in [9.17, 15) is 0 Å². The van der Waals surface area contributed by atoms with E-state index < -0.39 is 0 Å². The van der Waals surface area contributed by atoms with Gasteiger partial charge in [-0.25, -0.2) is 4.99 Å². The van der Waals surface area contributed by atoms with Gasteiger partial charge in [0.25, 0.3) is 0 Å². The van der Waals surface area contributed by atoms with Crippen molar-refractivity contribution >= 4 is 27.6 Å². The molecule has 0 spiro atoms. The van der Waals surface area contributed by atoms with Crippen molar-refractivity contribution in [3.8, 4) is 0 Å². The van der Waals surface area contributed by atoms with E-state index in [1.54, 1.807) is 4.68 Å². The molecule has 2 rings (SSSR count). The van der Waals surface area contributed by atoms with Crippen LogP contribution in [0.2, 0.25) is 0 Å². The van der Waals surface area contributed by atoms with E-state index in [0.717, 1.165) is 22.3 Å². The molecule has 0 radical (unpaired) electrons.